The summed E-state index contributed by atoms with van der Waals surface area (Å²) in [7, 11) is 1.83. The van der Waals surface area contributed by atoms with E-state index >= 15 is 0 Å². The molecule has 0 spiro atoms. The lowest BCUT2D eigenvalue weighted by Crippen LogP contribution is -2.30. The largest absolute Gasteiger partial charge is 0.417 e. The predicted molar refractivity (Wildman–Crippen MR) is 105 cm³/mol. The molecule has 0 aliphatic heterocycles. The van der Waals surface area contributed by atoms with Gasteiger partial charge in [-0.15, -0.1) is 0 Å². The second-order valence-corrected chi connectivity index (χ2v) is 6.66. The van der Waals surface area contributed by atoms with Gasteiger partial charge in [0.15, 0.2) is 5.69 Å². The van der Waals surface area contributed by atoms with Crippen LogP contribution in [0.15, 0.2) is 24.5 Å². The Bertz CT molecular complexity index is 816. The van der Waals surface area contributed by atoms with E-state index in [1.165, 1.54) is 12.3 Å². The Morgan fingerprint density at radius 3 is 2.59 bits per heavy atom. The van der Waals surface area contributed by atoms with E-state index in [9.17, 15) is 18.0 Å². The molecule has 11 heteroatoms. The van der Waals surface area contributed by atoms with Gasteiger partial charge in [0.05, 0.1) is 16.8 Å². The number of nitrogens with zero attached hydrogens (tertiary/aromatic N) is 4. The topological polar surface area (TPSA) is 83.0 Å². The lowest BCUT2D eigenvalue weighted by Gasteiger charge is -2.17. The number of amides is 1. The molecule has 0 fully saturated rings. The molecule has 0 aliphatic rings. The van der Waals surface area contributed by atoms with Crippen LogP contribution >= 0.6 is 11.6 Å². The van der Waals surface area contributed by atoms with E-state index in [0.29, 0.717) is 5.95 Å². The van der Waals surface area contributed by atoms with Crippen molar-refractivity contribution in [1.29, 1.82) is 0 Å². The van der Waals surface area contributed by atoms with Crippen molar-refractivity contribution in [3.8, 4) is 0 Å². The Labute approximate surface area is 171 Å². The number of carbonyl (C=O) groups is 1. The van der Waals surface area contributed by atoms with Crippen molar-refractivity contribution < 1.29 is 18.0 Å². The number of hydrogen-bond acceptors (Lipinski definition) is 6. The lowest BCUT2D eigenvalue weighted by atomic mass is 10.3. The quantitative estimate of drug-likeness (QED) is 0.591. The first-order chi connectivity index (χ1) is 13.7. The number of rotatable bonds is 9. The molecule has 0 unspecified atom stereocenters. The van der Waals surface area contributed by atoms with Crippen molar-refractivity contribution in [3.63, 3.8) is 0 Å². The second-order valence-electron chi connectivity index (χ2n) is 6.25. The maximum absolute atomic E-state index is 12.5. The highest BCUT2D eigenvalue weighted by Gasteiger charge is 2.30. The summed E-state index contributed by atoms with van der Waals surface area (Å²) in [6.45, 7) is 3.28. The highest BCUT2D eigenvalue weighted by Crippen LogP contribution is 2.28. The van der Waals surface area contributed by atoms with Gasteiger partial charge in [-0.25, -0.2) is 15.0 Å². The van der Waals surface area contributed by atoms with Crippen LogP contribution in [0.1, 0.15) is 35.8 Å². The van der Waals surface area contributed by atoms with Crippen molar-refractivity contribution in [2.45, 2.75) is 25.9 Å². The van der Waals surface area contributed by atoms with Gasteiger partial charge >= 0.3 is 6.18 Å². The Hall–Kier alpha value is -2.62. The summed E-state index contributed by atoms with van der Waals surface area (Å²) in [5, 5.41) is 5.61. The molecular weight excluding hydrogens is 409 g/mol. The molecule has 2 rings (SSSR count). The minimum absolute atomic E-state index is 0.0627. The molecule has 2 aromatic rings. The first kappa shape index (κ1) is 22.7. The number of halogens is 4. The van der Waals surface area contributed by atoms with E-state index in [1.54, 1.807) is 0 Å². The fourth-order valence-corrected chi connectivity index (χ4v) is 2.49. The average molecular weight is 431 g/mol. The van der Waals surface area contributed by atoms with Crippen LogP contribution in [0, 0.1) is 0 Å². The first-order valence-corrected chi connectivity index (χ1v) is 9.39. The second kappa shape index (κ2) is 10.2. The van der Waals surface area contributed by atoms with E-state index in [4.69, 9.17) is 11.6 Å². The number of anilines is 2. The normalized spacial score (nSPS) is 11.2. The standard InChI is InChI=1S/C18H22ClF3N6O/c1-3-4-9-28(2)17-26-11-13(19)15(27-17)16(29)24-8-7-23-14-6-5-12(10-25-14)18(20,21)22/h5-6,10-11H,3-4,7-9H2,1-2H3,(H,23,25)(H,24,29). The molecule has 0 saturated carbocycles. The number of carbonyl (C=O) groups excluding carboxylic acids is 1. The molecule has 2 aromatic heterocycles. The van der Waals surface area contributed by atoms with Crippen LogP contribution in [-0.2, 0) is 6.18 Å². The molecule has 0 atom stereocenters. The van der Waals surface area contributed by atoms with Crippen molar-refractivity contribution in [2.75, 3.05) is 36.9 Å². The fraction of sp³-hybridized carbons (Fsp3) is 0.444. The van der Waals surface area contributed by atoms with Gasteiger partial charge in [-0.1, -0.05) is 24.9 Å². The molecule has 0 saturated heterocycles. The molecule has 0 radical (unpaired) electrons. The molecule has 0 aromatic carbocycles. The Morgan fingerprint density at radius 2 is 1.97 bits per heavy atom. The van der Waals surface area contributed by atoms with Crippen molar-refractivity contribution >= 4 is 29.3 Å². The maximum Gasteiger partial charge on any atom is 0.417 e. The Balaban J connectivity index is 1.87. The molecule has 2 N–H and O–H groups in total. The molecule has 7 nitrogen and oxygen atoms in total. The molecule has 2 heterocycles. The smallest absolute Gasteiger partial charge is 0.368 e. The SMILES string of the molecule is CCCCN(C)c1ncc(Cl)c(C(=O)NCCNc2ccc(C(F)(F)F)cn2)n1. The lowest BCUT2D eigenvalue weighted by molar-refractivity contribution is -0.137. The molecular formula is C18H22ClF3N6O. The summed E-state index contributed by atoms with van der Waals surface area (Å²) < 4.78 is 37.5. The highest BCUT2D eigenvalue weighted by molar-refractivity contribution is 6.33. The third-order valence-corrected chi connectivity index (χ3v) is 4.22. The zero-order valence-corrected chi connectivity index (χ0v) is 16.8. The monoisotopic (exact) mass is 430 g/mol. The fourth-order valence-electron chi connectivity index (χ4n) is 2.31. The van der Waals surface area contributed by atoms with Gasteiger partial charge in [-0.2, -0.15) is 13.2 Å². The van der Waals surface area contributed by atoms with Crippen LogP contribution in [0.3, 0.4) is 0 Å². The number of nitrogens with one attached hydrogen (secondary N) is 2. The number of hydrogen-bond donors (Lipinski definition) is 2. The van der Waals surface area contributed by atoms with Gasteiger partial charge in [0, 0.05) is 32.9 Å². The molecule has 158 valence electrons. The molecule has 0 aliphatic carbocycles. The summed E-state index contributed by atoms with van der Waals surface area (Å²) in [5.74, 6) is 0.206. The molecule has 29 heavy (non-hydrogen) atoms. The van der Waals surface area contributed by atoms with Gasteiger partial charge < -0.3 is 15.5 Å². The van der Waals surface area contributed by atoms with Crippen molar-refractivity contribution in [1.82, 2.24) is 20.3 Å². The van der Waals surface area contributed by atoms with Gasteiger partial charge in [0.25, 0.3) is 5.91 Å². The third-order valence-electron chi connectivity index (χ3n) is 3.94. The average Bonchev–Trinajstić information content (AvgIpc) is 2.69. The zero-order chi connectivity index (χ0) is 21.4. The minimum atomic E-state index is -4.43. The van der Waals surface area contributed by atoms with Crippen LogP contribution in [0.5, 0.6) is 0 Å². The Morgan fingerprint density at radius 1 is 1.21 bits per heavy atom. The number of alkyl halides is 3. The van der Waals surface area contributed by atoms with E-state index in [2.05, 4.69) is 32.5 Å². The van der Waals surface area contributed by atoms with Crippen LogP contribution in [0.25, 0.3) is 0 Å². The number of aromatic nitrogens is 3. The Kier molecular flexibility index (Phi) is 8.00. The highest BCUT2D eigenvalue weighted by atomic mass is 35.5. The van der Waals surface area contributed by atoms with Crippen LogP contribution < -0.4 is 15.5 Å². The number of pyridine rings is 1. The third kappa shape index (κ3) is 6.74. The van der Waals surface area contributed by atoms with Crippen molar-refractivity contribution in [3.05, 3.63) is 40.8 Å². The van der Waals surface area contributed by atoms with Crippen LogP contribution in [0.4, 0.5) is 24.9 Å². The minimum Gasteiger partial charge on any atom is -0.368 e. The van der Waals surface area contributed by atoms with Gasteiger partial charge in [0.1, 0.15) is 5.82 Å². The van der Waals surface area contributed by atoms with Crippen molar-refractivity contribution in [2.24, 2.45) is 0 Å². The van der Waals surface area contributed by atoms with E-state index in [0.717, 1.165) is 31.6 Å². The van der Waals surface area contributed by atoms with E-state index < -0.39 is 17.6 Å². The zero-order valence-electron chi connectivity index (χ0n) is 16.1. The summed E-state index contributed by atoms with van der Waals surface area (Å²) >= 11 is 6.04. The van der Waals surface area contributed by atoms with Gasteiger partial charge in [-0.05, 0) is 18.6 Å². The van der Waals surface area contributed by atoms with E-state index in [-0.39, 0.29) is 29.6 Å². The van der Waals surface area contributed by atoms with E-state index in [1.807, 2.05) is 11.9 Å². The first-order valence-electron chi connectivity index (χ1n) is 9.01. The molecule has 0 bridgehead atoms. The summed E-state index contributed by atoms with van der Waals surface area (Å²) in [5.41, 5.74) is -0.762. The van der Waals surface area contributed by atoms with Gasteiger partial charge in [-0.3, -0.25) is 4.79 Å². The summed E-state index contributed by atoms with van der Waals surface area (Å²) in [6, 6.07) is 2.16. The predicted octanol–water partition coefficient (Wildman–Crippen LogP) is 3.62. The van der Waals surface area contributed by atoms with Crippen LogP contribution in [-0.4, -0.2) is 47.5 Å². The number of unbranched alkanes of at least 4 members (excludes halogenated alkanes) is 1. The molecule has 1 amide bonds. The van der Waals surface area contributed by atoms with Crippen LogP contribution in [0.2, 0.25) is 5.02 Å². The van der Waals surface area contributed by atoms with Gasteiger partial charge in [0.2, 0.25) is 5.95 Å². The summed E-state index contributed by atoms with van der Waals surface area (Å²) in [4.78, 5) is 26.3. The maximum atomic E-state index is 12.5. The summed E-state index contributed by atoms with van der Waals surface area (Å²) in [6.07, 6.45) is -0.316.